The molecule has 0 aliphatic rings. The molecule has 0 amide bonds. The van der Waals surface area contributed by atoms with E-state index in [-0.39, 0.29) is 18.2 Å². The van der Waals surface area contributed by atoms with E-state index in [0.717, 1.165) is 0 Å². The molecular formula is C9H7F6O3P. The van der Waals surface area contributed by atoms with Gasteiger partial charge in [0, 0.05) is 0 Å². The van der Waals surface area contributed by atoms with E-state index in [0.29, 0.717) is 0 Å². The summed E-state index contributed by atoms with van der Waals surface area (Å²) in [6.45, 7) is 0. The number of hydrogen-bond donors (Lipinski definition) is 2. The zero-order valence-electron chi connectivity index (χ0n) is 8.96. The molecule has 0 fully saturated rings. The van der Waals surface area contributed by atoms with E-state index >= 15 is 0 Å². The SMILES string of the molecule is O=P(O)(O)Cc1cc(C(F)(F)F)ccc1C(F)(F)F. The summed E-state index contributed by atoms with van der Waals surface area (Å²) in [6.07, 6.45) is -11.3. The fraction of sp³-hybridized carbons (Fsp3) is 0.333. The normalized spacial score (nSPS) is 13.7. The molecule has 19 heavy (non-hydrogen) atoms. The molecular weight excluding hydrogens is 301 g/mol. The van der Waals surface area contributed by atoms with Gasteiger partial charge in [-0.05, 0) is 23.8 Å². The Balaban J connectivity index is 3.39. The smallest absolute Gasteiger partial charge is 0.324 e. The van der Waals surface area contributed by atoms with Gasteiger partial charge in [0.2, 0.25) is 0 Å². The Bertz CT molecular complexity index is 516. The van der Waals surface area contributed by atoms with Crippen molar-refractivity contribution in [3.8, 4) is 0 Å². The van der Waals surface area contributed by atoms with E-state index in [2.05, 4.69) is 0 Å². The highest BCUT2D eigenvalue weighted by Gasteiger charge is 2.38. The van der Waals surface area contributed by atoms with Gasteiger partial charge in [-0.15, -0.1) is 0 Å². The number of halogens is 6. The first kappa shape index (κ1) is 16.0. The molecule has 1 aromatic carbocycles. The largest absolute Gasteiger partial charge is 0.416 e. The zero-order chi connectivity index (χ0) is 15.1. The van der Waals surface area contributed by atoms with Crippen molar-refractivity contribution in [2.24, 2.45) is 0 Å². The van der Waals surface area contributed by atoms with Crippen molar-refractivity contribution in [3.63, 3.8) is 0 Å². The van der Waals surface area contributed by atoms with Crippen molar-refractivity contribution in [2.45, 2.75) is 18.5 Å². The second-order valence-electron chi connectivity index (χ2n) is 3.69. The van der Waals surface area contributed by atoms with Crippen LogP contribution in [0.25, 0.3) is 0 Å². The molecule has 1 aromatic rings. The molecule has 0 heterocycles. The average Bonchev–Trinajstić information content (AvgIpc) is 2.11. The van der Waals surface area contributed by atoms with Gasteiger partial charge in [0.25, 0.3) is 0 Å². The van der Waals surface area contributed by atoms with Crippen molar-refractivity contribution in [2.75, 3.05) is 0 Å². The van der Waals surface area contributed by atoms with Crippen LogP contribution in [-0.4, -0.2) is 9.79 Å². The summed E-state index contributed by atoms with van der Waals surface area (Å²) in [4.78, 5) is 17.2. The second kappa shape index (κ2) is 4.81. The third-order valence-electron chi connectivity index (χ3n) is 2.11. The van der Waals surface area contributed by atoms with E-state index in [1.165, 1.54) is 0 Å². The van der Waals surface area contributed by atoms with E-state index in [1.807, 2.05) is 0 Å². The quantitative estimate of drug-likeness (QED) is 0.650. The predicted octanol–water partition coefficient (Wildman–Crippen LogP) is 3.40. The summed E-state index contributed by atoms with van der Waals surface area (Å²) in [5.41, 5.74) is -3.98. The molecule has 0 unspecified atom stereocenters. The monoisotopic (exact) mass is 308 g/mol. The van der Waals surface area contributed by atoms with Crippen LogP contribution >= 0.6 is 7.60 Å². The van der Waals surface area contributed by atoms with Gasteiger partial charge >= 0.3 is 19.9 Å². The zero-order valence-corrected chi connectivity index (χ0v) is 9.85. The summed E-state index contributed by atoms with van der Waals surface area (Å²) in [5, 5.41) is 0. The topological polar surface area (TPSA) is 57.5 Å². The van der Waals surface area contributed by atoms with Crippen LogP contribution in [-0.2, 0) is 23.1 Å². The van der Waals surface area contributed by atoms with E-state index in [9.17, 15) is 30.9 Å². The molecule has 0 bridgehead atoms. The summed E-state index contributed by atoms with van der Waals surface area (Å²) < 4.78 is 85.3. The Morgan fingerprint density at radius 2 is 1.53 bits per heavy atom. The number of alkyl halides is 6. The van der Waals surface area contributed by atoms with Crippen molar-refractivity contribution in [1.82, 2.24) is 0 Å². The Hall–Kier alpha value is -1.05. The summed E-state index contributed by atoms with van der Waals surface area (Å²) >= 11 is 0. The van der Waals surface area contributed by atoms with Gasteiger partial charge in [-0.3, -0.25) is 4.57 Å². The Labute approximate surface area is 103 Å². The fourth-order valence-corrected chi connectivity index (χ4v) is 2.10. The van der Waals surface area contributed by atoms with E-state index in [4.69, 9.17) is 9.79 Å². The van der Waals surface area contributed by atoms with Crippen molar-refractivity contribution < 1.29 is 40.7 Å². The van der Waals surface area contributed by atoms with Crippen LogP contribution in [0.4, 0.5) is 26.3 Å². The summed E-state index contributed by atoms with van der Waals surface area (Å²) in [6, 6.07) is 0.474. The lowest BCUT2D eigenvalue weighted by atomic mass is 10.0. The van der Waals surface area contributed by atoms with Gasteiger partial charge in [-0.25, -0.2) is 0 Å². The molecule has 0 spiro atoms. The van der Waals surface area contributed by atoms with Crippen LogP contribution < -0.4 is 0 Å². The first-order chi connectivity index (χ1) is 8.31. The average molecular weight is 308 g/mol. The molecule has 108 valence electrons. The highest BCUT2D eigenvalue weighted by molar-refractivity contribution is 7.50. The minimum Gasteiger partial charge on any atom is -0.324 e. The van der Waals surface area contributed by atoms with Crippen LogP contribution in [0.3, 0.4) is 0 Å². The number of rotatable bonds is 2. The van der Waals surface area contributed by atoms with E-state index < -0.39 is 42.8 Å². The molecule has 0 aliphatic heterocycles. The van der Waals surface area contributed by atoms with Gasteiger partial charge in [-0.2, -0.15) is 26.3 Å². The molecule has 0 saturated heterocycles. The standard InChI is InChI=1S/C9H7F6O3P/c10-8(11,12)6-1-2-7(9(13,14)15)5(3-6)4-19(16,17)18/h1-3H,4H2,(H2,16,17,18). The predicted molar refractivity (Wildman–Crippen MR) is 52.2 cm³/mol. The maximum absolute atomic E-state index is 12.5. The van der Waals surface area contributed by atoms with Crippen molar-refractivity contribution >= 4 is 7.60 Å². The van der Waals surface area contributed by atoms with Crippen molar-refractivity contribution in [3.05, 3.63) is 34.9 Å². The molecule has 0 atom stereocenters. The van der Waals surface area contributed by atoms with E-state index in [1.54, 1.807) is 0 Å². The van der Waals surface area contributed by atoms with Crippen LogP contribution in [0, 0.1) is 0 Å². The molecule has 2 N–H and O–H groups in total. The third-order valence-corrected chi connectivity index (χ3v) is 2.87. The molecule has 0 aromatic heterocycles. The maximum atomic E-state index is 12.5. The van der Waals surface area contributed by atoms with Crippen molar-refractivity contribution in [1.29, 1.82) is 0 Å². The molecule has 10 heteroatoms. The number of benzene rings is 1. The van der Waals surface area contributed by atoms with Crippen LogP contribution in [0.5, 0.6) is 0 Å². The van der Waals surface area contributed by atoms with Gasteiger partial charge in [0.15, 0.2) is 0 Å². The fourth-order valence-electron chi connectivity index (χ4n) is 1.40. The molecule has 0 aliphatic carbocycles. The Kier molecular flexibility index (Phi) is 4.05. The lowest BCUT2D eigenvalue weighted by molar-refractivity contribution is -0.141. The van der Waals surface area contributed by atoms with Gasteiger partial charge in [-0.1, -0.05) is 0 Å². The Morgan fingerprint density at radius 1 is 1.00 bits per heavy atom. The highest BCUT2D eigenvalue weighted by atomic mass is 31.2. The first-order valence-electron chi connectivity index (χ1n) is 4.62. The summed E-state index contributed by atoms with van der Waals surface area (Å²) in [7, 11) is -4.92. The minimum absolute atomic E-state index is 0.0991. The van der Waals surface area contributed by atoms with Crippen LogP contribution in [0.2, 0.25) is 0 Å². The molecule has 0 radical (unpaired) electrons. The summed E-state index contributed by atoms with van der Waals surface area (Å²) in [5.74, 6) is 0. The number of hydrogen-bond acceptors (Lipinski definition) is 1. The molecule has 1 rings (SSSR count). The maximum Gasteiger partial charge on any atom is 0.416 e. The molecule has 3 nitrogen and oxygen atoms in total. The van der Waals surface area contributed by atoms with Gasteiger partial charge in [0.05, 0.1) is 17.3 Å². The first-order valence-corrected chi connectivity index (χ1v) is 6.42. The highest BCUT2D eigenvalue weighted by Crippen LogP contribution is 2.44. The van der Waals surface area contributed by atoms with Crippen LogP contribution in [0.15, 0.2) is 18.2 Å². The third kappa shape index (κ3) is 4.52. The molecule has 0 saturated carbocycles. The minimum atomic E-state index is -4.99. The van der Waals surface area contributed by atoms with Crippen LogP contribution in [0.1, 0.15) is 16.7 Å². The lowest BCUT2D eigenvalue weighted by Gasteiger charge is -2.16. The Morgan fingerprint density at radius 3 is 1.89 bits per heavy atom. The second-order valence-corrected chi connectivity index (χ2v) is 5.34. The van der Waals surface area contributed by atoms with Gasteiger partial charge < -0.3 is 9.79 Å². The van der Waals surface area contributed by atoms with Gasteiger partial charge in [0.1, 0.15) is 0 Å². The lowest BCUT2D eigenvalue weighted by Crippen LogP contribution is -2.12.